The van der Waals surface area contributed by atoms with Gasteiger partial charge in [0.1, 0.15) is 12.4 Å². The Bertz CT molecular complexity index is 611. The number of rotatable bonds is 12. The Balaban J connectivity index is 1.80. The van der Waals surface area contributed by atoms with Crippen molar-refractivity contribution in [3.05, 3.63) is 42.2 Å². The normalized spacial score (nSPS) is 12.1. The van der Waals surface area contributed by atoms with Crippen LogP contribution in [0.1, 0.15) is 64.4 Å². The molecule has 1 atom stereocenters. The number of ether oxygens (including phenoxy) is 1. The smallest absolute Gasteiger partial charge is 0.159 e. The van der Waals surface area contributed by atoms with Gasteiger partial charge in [0.25, 0.3) is 0 Å². The maximum Gasteiger partial charge on any atom is 0.159 e. The molecule has 0 aliphatic heterocycles. The zero-order chi connectivity index (χ0) is 18.6. The average molecular weight is 357 g/mol. The standard InChI is InChI=1S/C22H32N2O2/c1-3-5-6-7-8-9-10-18-15-23-22(24-16-18)19-11-13-21(14-12-19)26-17-20(25)4-2/h11-16,20,25H,3-10,17H2,1-2H3/t20-/m1/s1. The molecule has 1 aromatic heterocycles. The van der Waals surface area contributed by atoms with Crippen molar-refractivity contribution in [2.45, 2.75) is 71.3 Å². The van der Waals surface area contributed by atoms with Crippen LogP contribution >= 0.6 is 0 Å². The highest BCUT2D eigenvalue weighted by molar-refractivity contribution is 5.55. The summed E-state index contributed by atoms with van der Waals surface area (Å²) in [5, 5.41) is 9.55. The highest BCUT2D eigenvalue weighted by Crippen LogP contribution is 2.20. The number of benzene rings is 1. The highest BCUT2D eigenvalue weighted by atomic mass is 16.5. The molecule has 1 aromatic carbocycles. The molecule has 0 unspecified atom stereocenters. The molecule has 4 heteroatoms. The molecule has 0 aliphatic rings. The van der Waals surface area contributed by atoms with Crippen LogP contribution in [0.4, 0.5) is 0 Å². The van der Waals surface area contributed by atoms with Crippen molar-refractivity contribution in [3.8, 4) is 17.1 Å². The fourth-order valence-corrected chi connectivity index (χ4v) is 2.75. The van der Waals surface area contributed by atoms with Crippen LogP contribution in [0.5, 0.6) is 5.75 Å². The zero-order valence-electron chi connectivity index (χ0n) is 16.2. The second kappa shape index (κ2) is 11.6. The van der Waals surface area contributed by atoms with Gasteiger partial charge in [-0.05, 0) is 49.1 Å². The minimum atomic E-state index is -0.419. The van der Waals surface area contributed by atoms with Gasteiger partial charge in [0.2, 0.25) is 0 Å². The lowest BCUT2D eigenvalue weighted by molar-refractivity contribution is 0.104. The minimum Gasteiger partial charge on any atom is -0.491 e. The third-order valence-electron chi connectivity index (χ3n) is 4.55. The molecule has 0 saturated carbocycles. The van der Waals surface area contributed by atoms with Crippen LogP contribution in [0.2, 0.25) is 0 Å². The topological polar surface area (TPSA) is 55.2 Å². The number of aliphatic hydroxyl groups excluding tert-OH is 1. The summed E-state index contributed by atoms with van der Waals surface area (Å²) in [6.07, 6.45) is 13.0. The molecule has 0 bridgehead atoms. The first-order valence-corrected chi connectivity index (χ1v) is 9.95. The zero-order valence-corrected chi connectivity index (χ0v) is 16.2. The van der Waals surface area contributed by atoms with Gasteiger partial charge in [-0.1, -0.05) is 46.0 Å². The van der Waals surface area contributed by atoms with Gasteiger partial charge in [-0.15, -0.1) is 0 Å². The summed E-state index contributed by atoms with van der Waals surface area (Å²) in [4.78, 5) is 9.00. The fourth-order valence-electron chi connectivity index (χ4n) is 2.75. The number of unbranched alkanes of at least 4 members (excludes halogenated alkanes) is 5. The molecule has 0 radical (unpaired) electrons. The van der Waals surface area contributed by atoms with Crippen LogP contribution < -0.4 is 4.74 Å². The van der Waals surface area contributed by atoms with Gasteiger partial charge in [-0.3, -0.25) is 0 Å². The van der Waals surface area contributed by atoms with Gasteiger partial charge in [0.05, 0.1) is 6.10 Å². The number of aromatic nitrogens is 2. The number of nitrogens with zero attached hydrogens (tertiary/aromatic N) is 2. The molecule has 0 amide bonds. The number of hydrogen-bond acceptors (Lipinski definition) is 4. The predicted molar refractivity (Wildman–Crippen MR) is 106 cm³/mol. The quantitative estimate of drug-likeness (QED) is 0.531. The van der Waals surface area contributed by atoms with Crippen LogP contribution in [0.15, 0.2) is 36.7 Å². The lowest BCUT2D eigenvalue weighted by Crippen LogP contribution is -2.15. The summed E-state index contributed by atoms with van der Waals surface area (Å²) < 4.78 is 5.56. The van der Waals surface area contributed by atoms with E-state index in [1.165, 1.54) is 44.1 Å². The van der Waals surface area contributed by atoms with Crippen LogP contribution in [0.3, 0.4) is 0 Å². The van der Waals surface area contributed by atoms with E-state index in [2.05, 4.69) is 16.9 Å². The number of hydrogen-bond donors (Lipinski definition) is 1. The van der Waals surface area contributed by atoms with Crippen LogP contribution in [0.25, 0.3) is 11.4 Å². The molecular formula is C22H32N2O2. The molecule has 0 aliphatic carbocycles. The van der Waals surface area contributed by atoms with Gasteiger partial charge in [0, 0.05) is 18.0 Å². The fraction of sp³-hybridized carbons (Fsp3) is 0.545. The van der Waals surface area contributed by atoms with E-state index in [0.717, 1.165) is 23.6 Å². The van der Waals surface area contributed by atoms with Crippen molar-refractivity contribution in [2.24, 2.45) is 0 Å². The molecule has 0 saturated heterocycles. The number of aryl methyl sites for hydroxylation is 1. The summed E-state index contributed by atoms with van der Waals surface area (Å²) in [6, 6.07) is 7.70. The largest absolute Gasteiger partial charge is 0.491 e. The van der Waals surface area contributed by atoms with Crippen molar-refractivity contribution >= 4 is 0 Å². The van der Waals surface area contributed by atoms with Gasteiger partial charge in [-0.25, -0.2) is 9.97 Å². The Labute approximate surface area is 157 Å². The molecule has 2 rings (SSSR count). The molecular weight excluding hydrogens is 324 g/mol. The second-order valence-corrected chi connectivity index (χ2v) is 6.83. The lowest BCUT2D eigenvalue weighted by Gasteiger charge is -2.10. The minimum absolute atomic E-state index is 0.319. The van der Waals surface area contributed by atoms with Crippen molar-refractivity contribution in [3.63, 3.8) is 0 Å². The van der Waals surface area contributed by atoms with Gasteiger partial charge in [0.15, 0.2) is 5.82 Å². The average Bonchev–Trinajstić information content (AvgIpc) is 2.69. The summed E-state index contributed by atoms with van der Waals surface area (Å²) in [6.45, 7) is 4.50. The molecule has 0 spiro atoms. The summed E-state index contributed by atoms with van der Waals surface area (Å²) in [5.74, 6) is 1.48. The Morgan fingerprint density at radius 2 is 1.58 bits per heavy atom. The van der Waals surface area contributed by atoms with E-state index >= 15 is 0 Å². The summed E-state index contributed by atoms with van der Waals surface area (Å²) >= 11 is 0. The molecule has 4 nitrogen and oxygen atoms in total. The second-order valence-electron chi connectivity index (χ2n) is 6.83. The van der Waals surface area contributed by atoms with Crippen LogP contribution in [-0.2, 0) is 6.42 Å². The van der Waals surface area contributed by atoms with E-state index in [4.69, 9.17) is 4.74 Å². The van der Waals surface area contributed by atoms with Crippen molar-refractivity contribution in [2.75, 3.05) is 6.61 Å². The van der Waals surface area contributed by atoms with E-state index in [0.29, 0.717) is 13.0 Å². The Hall–Kier alpha value is -1.94. The molecule has 2 aromatic rings. The van der Waals surface area contributed by atoms with Gasteiger partial charge in [-0.2, -0.15) is 0 Å². The third-order valence-corrected chi connectivity index (χ3v) is 4.55. The van der Waals surface area contributed by atoms with E-state index in [9.17, 15) is 5.11 Å². The Kier molecular flexibility index (Phi) is 9.11. The molecule has 142 valence electrons. The number of aliphatic hydroxyl groups is 1. The van der Waals surface area contributed by atoms with E-state index in [1.54, 1.807) is 0 Å². The van der Waals surface area contributed by atoms with Gasteiger partial charge < -0.3 is 9.84 Å². The van der Waals surface area contributed by atoms with Crippen molar-refractivity contribution < 1.29 is 9.84 Å². The van der Waals surface area contributed by atoms with Crippen LogP contribution in [-0.4, -0.2) is 27.8 Å². The summed E-state index contributed by atoms with van der Waals surface area (Å²) in [7, 11) is 0. The molecule has 0 fully saturated rings. The molecule has 1 N–H and O–H groups in total. The van der Waals surface area contributed by atoms with E-state index < -0.39 is 6.10 Å². The van der Waals surface area contributed by atoms with E-state index in [1.807, 2.05) is 43.6 Å². The maximum absolute atomic E-state index is 9.55. The van der Waals surface area contributed by atoms with Crippen molar-refractivity contribution in [1.82, 2.24) is 9.97 Å². The lowest BCUT2D eigenvalue weighted by atomic mass is 10.1. The third kappa shape index (κ3) is 7.12. The predicted octanol–water partition coefficient (Wildman–Crippen LogP) is 5.20. The summed E-state index contributed by atoms with van der Waals surface area (Å²) in [5.41, 5.74) is 2.18. The monoisotopic (exact) mass is 356 g/mol. The highest BCUT2D eigenvalue weighted by Gasteiger charge is 2.05. The Morgan fingerprint density at radius 3 is 2.23 bits per heavy atom. The van der Waals surface area contributed by atoms with Crippen molar-refractivity contribution in [1.29, 1.82) is 0 Å². The molecule has 26 heavy (non-hydrogen) atoms. The first-order chi connectivity index (χ1) is 12.7. The van der Waals surface area contributed by atoms with E-state index in [-0.39, 0.29) is 0 Å². The first-order valence-electron chi connectivity index (χ1n) is 9.95. The maximum atomic E-state index is 9.55. The Morgan fingerprint density at radius 1 is 0.923 bits per heavy atom. The first kappa shape index (κ1) is 20.4. The van der Waals surface area contributed by atoms with Crippen LogP contribution in [0, 0.1) is 0 Å². The van der Waals surface area contributed by atoms with Gasteiger partial charge >= 0.3 is 0 Å². The SMILES string of the molecule is CCCCCCCCc1cnc(-c2ccc(OC[C@H](O)CC)cc2)nc1. The molecule has 1 heterocycles.